The minimum atomic E-state index is -0.0617. The van der Waals surface area contributed by atoms with Gasteiger partial charge in [-0.15, -0.1) is 0 Å². The molecule has 3 heteroatoms. The Morgan fingerprint density at radius 3 is 2.50 bits per heavy atom. The summed E-state index contributed by atoms with van der Waals surface area (Å²) in [6, 6.07) is 0. The third kappa shape index (κ3) is 2.27. The molecule has 1 aliphatic carbocycles. The second kappa shape index (κ2) is 4.60. The highest BCUT2D eigenvalue weighted by Crippen LogP contribution is 2.30. The Hall–Kier alpha value is -0.120. The van der Waals surface area contributed by atoms with Crippen molar-refractivity contribution >= 4 is 0 Å². The predicted molar refractivity (Wildman–Crippen MR) is 55.1 cm³/mol. The van der Waals surface area contributed by atoms with E-state index < -0.39 is 0 Å². The van der Waals surface area contributed by atoms with E-state index in [-0.39, 0.29) is 5.60 Å². The Labute approximate surface area is 85.9 Å². The van der Waals surface area contributed by atoms with E-state index in [9.17, 15) is 0 Å². The first-order chi connectivity index (χ1) is 6.85. The quantitative estimate of drug-likeness (QED) is 0.742. The summed E-state index contributed by atoms with van der Waals surface area (Å²) < 4.78 is 11.4. The summed E-state index contributed by atoms with van der Waals surface area (Å²) in [5.74, 6) is 0.807. The first-order valence-electron chi connectivity index (χ1n) is 5.76. The standard InChI is InChI=1S/C11H21NO2/c12-9-11(4-6-13-7-5-11)14-8-10-2-1-3-10/h10H,1-9,12H2. The number of ether oxygens (including phenoxy) is 2. The molecule has 0 unspecified atom stereocenters. The highest BCUT2D eigenvalue weighted by molar-refractivity contribution is 4.85. The third-order valence-corrected chi connectivity index (χ3v) is 3.63. The summed E-state index contributed by atoms with van der Waals surface area (Å²) >= 11 is 0. The average molecular weight is 199 g/mol. The van der Waals surface area contributed by atoms with Crippen molar-refractivity contribution in [1.82, 2.24) is 0 Å². The molecule has 82 valence electrons. The molecule has 2 aliphatic rings. The van der Waals surface area contributed by atoms with Gasteiger partial charge in [0, 0.05) is 32.6 Å². The van der Waals surface area contributed by atoms with Crippen LogP contribution in [0, 0.1) is 5.92 Å². The lowest BCUT2D eigenvalue weighted by atomic mass is 9.85. The van der Waals surface area contributed by atoms with Crippen LogP contribution in [0.15, 0.2) is 0 Å². The lowest BCUT2D eigenvalue weighted by molar-refractivity contribution is -0.119. The van der Waals surface area contributed by atoms with Crippen LogP contribution in [-0.4, -0.2) is 32.0 Å². The van der Waals surface area contributed by atoms with Crippen LogP contribution in [-0.2, 0) is 9.47 Å². The Kier molecular flexibility index (Phi) is 3.42. The van der Waals surface area contributed by atoms with Crippen molar-refractivity contribution in [2.24, 2.45) is 11.7 Å². The molecule has 1 saturated heterocycles. The fourth-order valence-corrected chi connectivity index (χ4v) is 2.10. The molecule has 0 spiro atoms. The third-order valence-electron chi connectivity index (χ3n) is 3.63. The molecular formula is C11H21NO2. The van der Waals surface area contributed by atoms with Gasteiger partial charge >= 0.3 is 0 Å². The molecule has 1 aliphatic heterocycles. The van der Waals surface area contributed by atoms with Gasteiger partial charge in [0.05, 0.1) is 12.2 Å². The van der Waals surface area contributed by atoms with Crippen molar-refractivity contribution in [3.05, 3.63) is 0 Å². The molecule has 1 heterocycles. The number of hydrogen-bond donors (Lipinski definition) is 1. The fraction of sp³-hybridized carbons (Fsp3) is 1.00. The van der Waals surface area contributed by atoms with Crippen LogP contribution >= 0.6 is 0 Å². The normalized spacial score (nSPS) is 27.2. The number of nitrogens with two attached hydrogens (primary N) is 1. The van der Waals surface area contributed by atoms with Crippen molar-refractivity contribution in [3.8, 4) is 0 Å². The lowest BCUT2D eigenvalue weighted by Crippen LogP contribution is -2.46. The lowest BCUT2D eigenvalue weighted by Gasteiger charge is -2.38. The molecule has 3 nitrogen and oxygen atoms in total. The van der Waals surface area contributed by atoms with Gasteiger partial charge in [0.15, 0.2) is 0 Å². The Morgan fingerprint density at radius 1 is 1.29 bits per heavy atom. The smallest absolute Gasteiger partial charge is 0.0848 e. The molecule has 0 aromatic carbocycles. The van der Waals surface area contributed by atoms with Gasteiger partial charge in [0.25, 0.3) is 0 Å². The van der Waals surface area contributed by atoms with Crippen LogP contribution in [0.25, 0.3) is 0 Å². The van der Waals surface area contributed by atoms with Gasteiger partial charge in [0.1, 0.15) is 0 Å². The van der Waals surface area contributed by atoms with E-state index in [4.69, 9.17) is 15.2 Å². The number of rotatable bonds is 4. The number of hydrogen-bond acceptors (Lipinski definition) is 3. The van der Waals surface area contributed by atoms with Crippen molar-refractivity contribution in [2.45, 2.75) is 37.7 Å². The summed E-state index contributed by atoms with van der Waals surface area (Å²) in [5, 5.41) is 0. The summed E-state index contributed by atoms with van der Waals surface area (Å²) in [5.41, 5.74) is 5.74. The Bertz CT molecular complexity index is 174. The van der Waals surface area contributed by atoms with Crippen LogP contribution in [0.4, 0.5) is 0 Å². The van der Waals surface area contributed by atoms with Crippen LogP contribution < -0.4 is 5.73 Å². The largest absolute Gasteiger partial charge is 0.381 e. The molecule has 0 atom stereocenters. The van der Waals surface area contributed by atoms with Crippen LogP contribution in [0.3, 0.4) is 0 Å². The van der Waals surface area contributed by atoms with Gasteiger partial charge < -0.3 is 15.2 Å². The van der Waals surface area contributed by atoms with Gasteiger partial charge in [-0.25, -0.2) is 0 Å². The molecule has 0 bridgehead atoms. The second-order valence-electron chi connectivity index (χ2n) is 4.61. The fourth-order valence-electron chi connectivity index (χ4n) is 2.10. The van der Waals surface area contributed by atoms with Gasteiger partial charge in [-0.2, -0.15) is 0 Å². The predicted octanol–water partition coefficient (Wildman–Crippen LogP) is 1.31. The van der Waals surface area contributed by atoms with E-state index in [1.54, 1.807) is 0 Å². The zero-order chi connectivity index (χ0) is 9.86. The maximum atomic E-state index is 6.02. The summed E-state index contributed by atoms with van der Waals surface area (Å²) in [7, 11) is 0. The maximum absolute atomic E-state index is 6.02. The first-order valence-corrected chi connectivity index (χ1v) is 5.76. The van der Waals surface area contributed by atoms with Crippen LogP contribution in [0.1, 0.15) is 32.1 Å². The first kappa shape index (κ1) is 10.4. The highest BCUT2D eigenvalue weighted by atomic mass is 16.5. The molecular weight excluding hydrogens is 178 g/mol. The van der Waals surface area contributed by atoms with E-state index in [1.165, 1.54) is 19.3 Å². The molecule has 0 aromatic rings. The Morgan fingerprint density at radius 2 is 2.00 bits per heavy atom. The van der Waals surface area contributed by atoms with Crippen molar-refractivity contribution < 1.29 is 9.47 Å². The topological polar surface area (TPSA) is 44.5 Å². The molecule has 2 N–H and O–H groups in total. The van der Waals surface area contributed by atoms with E-state index >= 15 is 0 Å². The highest BCUT2D eigenvalue weighted by Gasteiger charge is 2.33. The molecule has 1 saturated carbocycles. The SMILES string of the molecule is NCC1(OCC2CCC2)CCOCC1. The monoisotopic (exact) mass is 199 g/mol. The van der Waals surface area contributed by atoms with Gasteiger partial charge in [-0.3, -0.25) is 0 Å². The molecule has 0 radical (unpaired) electrons. The minimum absolute atomic E-state index is 0.0617. The maximum Gasteiger partial charge on any atom is 0.0848 e. The Balaban J connectivity index is 1.77. The molecule has 0 amide bonds. The van der Waals surface area contributed by atoms with Crippen molar-refractivity contribution in [2.75, 3.05) is 26.4 Å². The van der Waals surface area contributed by atoms with E-state index in [1.807, 2.05) is 0 Å². The van der Waals surface area contributed by atoms with Gasteiger partial charge in [0.2, 0.25) is 0 Å². The molecule has 2 fully saturated rings. The zero-order valence-corrected chi connectivity index (χ0v) is 8.84. The average Bonchev–Trinajstić information content (AvgIpc) is 2.17. The van der Waals surface area contributed by atoms with Gasteiger partial charge in [-0.1, -0.05) is 6.42 Å². The van der Waals surface area contributed by atoms with Crippen molar-refractivity contribution in [1.29, 1.82) is 0 Å². The van der Waals surface area contributed by atoms with E-state index in [0.29, 0.717) is 6.54 Å². The van der Waals surface area contributed by atoms with Crippen molar-refractivity contribution in [3.63, 3.8) is 0 Å². The van der Waals surface area contributed by atoms with E-state index in [0.717, 1.165) is 38.6 Å². The van der Waals surface area contributed by atoms with E-state index in [2.05, 4.69) is 0 Å². The van der Waals surface area contributed by atoms with Crippen LogP contribution in [0.5, 0.6) is 0 Å². The van der Waals surface area contributed by atoms with Crippen LogP contribution in [0.2, 0.25) is 0 Å². The summed E-state index contributed by atoms with van der Waals surface area (Å²) in [4.78, 5) is 0. The second-order valence-corrected chi connectivity index (χ2v) is 4.61. The zero-order valence-electron chi connectivity index (χ0n) is 8.84. The molecule has 14 heavy (non-hydrogen) atoms. The summed E-state index contributed by atoms with van der Waals surface area (Å²) in [6.45, 7) is 3.17. The molecule has 0 aromatic heterocycles. The minimum Gasteiger partial charge on any atom is -0.381 e. The van der Waals surface area contributed by atoms with Gasteiger partial charge in [-0.05, 0) is 18.8 Å². The summed E-state index contributed by atoms with van der Waals surface area (Å²) in [6.07, 6.45) is 6.01. The molecule has 2 rings (SSSR count).